The minimum absolute atomic E-state index is 0.0794. The number of alkyl halides is 1. The van der Waals surface area contributed by atoms with Gasteiger partial charge in [-0.15, -0.1) is 11.6 Å². The summed E-state index contributed by atoms with van der Waals surface area (Å²) in [7, 11) is 0. The summed E-state index contributed by atoms with van der Waals surface area (Å²) in [5, 5.41) is 0. The molecule has 1 aromatic carbocycles. The van der Waals surface area contributed by atoms with Crippen molar-refractivity contribution in [1.82, 2.24) is 4.90 Å². The van der Waals surface area contributed by atoms with Crippen LogP contribution in [0.1, 0.15) is 10.4 Å². The minimum Gasteiger partial charge on any atom is -0.472 e. The molecule has 80 valence electrons. The first-order chi connectivity index (χ1) is 7.22. The zero-order valence-corrected chi connectivity index (χ0v) is 8.83. The van der Waals surface area contributed by atoms with Gasteiger partial charge in [0.2, 0.25) is 0 Å². The van der Waals surface area contributed by atoms with Gasteiger partial charge in [0.1, 0.15) is 5.75 Å². The van der Waals surface area contributed by atoms with Gasteiger partial charge in [-0.05, 0) is 18.2 Å². The summed E-state index contributed by atoms with van der Waals surface area (Å²) in [6, 6.07) is 5.04. The lowest BCUT2D eigenvalue weighted by molar-refractivity contribution is 0.0540. The van der Waals surface area contributed by atoms with Crippen LogP contribution in [0.5, 0.6) is 5.75 Å². The van der Waals surface area contributed by atoms with Gasteiger partial charge in [-0.2, -0.15) is 0 Å². The lowest BCUT2D eigenvalue weighted by Crippen LogP contribution is -2.39. The topological polar surface area (TPSA) is 55.6 Å². The van der Waals surface area contributed by atoms with Crippen LogP contribution in [0.15, 0.2) is 18.2 Å². The van der Waals surface area contributed by atoms with Crippen LogP contribution in [0.25, 0.3) is 0 Å². The van der Waals surface area contributed by atoms with Crippen molar-refractivity contribution in [2.24, 2.45) is 0 Å². The third-order valence-corrected chi connectivity index (χ3v) is 2.42. The molecule has 1 amide bonds. The Morgan fingerprint density at radius 1 is 1.53 bits per heavy atom. The molecule has 0 radical (unpaired) electrons. The zero-order valence-electron chi connectivity index (χ0n) is 8.07. The van der Waals surface area contributed by atoms with Crippen LogP contribution in [0.2, 0.25) is 0 Å². The minimum atomic E-state index is -0.0794. The number of benzene rings is 1. The number of anilines is 1. The SMILES string of the molecule is Nc1ccc2c(c1)C(=O)N(CCCl)CO2. The summed E-state index contributed by atoms with van der Waals surface area (Å²) in [5.41, 5.74) is 6.67. The van der Waals surface area contributed by atoms with Gasteiger partial charge in [-0.25, -0.2) is 0 Å². The lowest BCUT2D eigenvalue weighted by atomic mass is 10.1. The summed E-state index contributed by atoms with van der Waals surface area (Å²) in [6.07, 6.45) is 0. The quantitative estimate of drug-likeness (QED) is 0.611. The van der Waals surface area contributed by atoms with E-state index in [2.05, 4.69) is 0 Å². The number of carbonyl (C=O) groups excluding carboxylic acids is 1. The standard InChI is InChI=1S/C10H11ClN2O2/c11-3-4-13-6-15-9-2-1-7(12)5-8(9)10(13)14/h1-2,5H,3-4,6,12H2. The molecule has 5 heteroatoms. The molecule has 0 bridgehead atoms. The van der Waals surface area contributed by atoms with Crippen molar-refractivity contribution < 1.29 is 9.53 Å². The number of hydrogen-bond donors (Lipinski definition) is 1. The van der Waals surface area contributed by atoms with E-state index in [0.29, 0.717) is 29.4 Å². The molecule has 2 N–H and O–H groups in total. The van der Waals surface area contributed by atoms with E-state index in [1.807, 2.05) is 0 Å². The molecule has 1 aliphatic rings. The largest absolute Gasteiger partial charge is 0.472 e. The normalized spacial score (nSPS) is 14.7. The predicted molar refractivity (Wildman–Crippen MR) is 58.1 cm³/mol. The summed E-state index contributed by atoms with van der Waals surface area (Å²) in [5.74, 6) is 0.899. The van der Waals surface area contributed by atoms with Crippen LogP contribution in [-0.4, -0.2) is 30.0 Å². The van der Waals surface area contributed by atoms with Crippen LogP contribution in [-0.2, 0) is 0 Å². The van der Waals surface area contributed by atoms with Crippen LogP contribution >= 0.6 is 11.6 Å². The Balaban J connectivity index is 2.32. The van der Waals surface area contributed by atoms with Crippen molar-refractivity contribution in [3.8, 4) is 5.75 Å². The number of carbonyl (C=O) groups is 1. The van der Waals surface area contributed by atoms with E-state index in [1.165, 1.54) is 0 Å². The third-order valence-electron chi connectivity index (χ3n) is 2.25. The van der Waals surface area contributed by atoms with Gasteiger partial charge in [-0.3, -0.25) is 4.79 Å². The summed E-state index contributed by atoms with van der Waals surface area (Å²) < 4.78 is 5.40. The number of ether oxygens (including phenoxy) is 1. The zero-order chi connectivity index (χ0) is 10.8. The summed E-state index contributed by atoms with van der Waals surface area (Å²) in [6.45, 7) is 0.733. The second-order valence-electron chi connectivity index (χ2n) is 3.29. The summed E-state index contributed by atoms with van der Waals surface area (Å²) in [4.78, 5) is 13.4. The van der Waals surface area contributed by atoms with Crippen molar-refractivity contribution in [1.29, 1.82) is 0 Å². The molecule has 1 aliphatic heterocycles. The molecule has 0 fully saturated rings. The van der Waals surface area contributed by atoms with E-state index >= 15 is 0 Å². The fourth-order valence-corrected chi connectivity index (χ4v) is 1.69. The molecule has 0 aromatic heterocycles. The van der Waals surface area contributed by atoms with Crippen LogP contribution in [0.4, 0.5) is 5.69 Å². The predicted octanol–water partition coefficient (Wildman–Crippen LogP) is 1.30. The van der Waals surface area contributed by atoms with Crippen LogP contribution < -0.4 is 10.5 Å². The average molecular weight is 227 g/mol. The first-order valence-electron chi connectivity index (χ1n) is 4.60. The Hall–Kier alpha value is -1.42. The highest BCUT2D eigenvalue weighted by molar-refractivity contribution is 6.18. The maximum atomic E-state index is 11.9. The Labute approximate surface area is 92.6 Å². The molecule has 0 unspecified atom stereocenters. The van der Waals surface area contributed by atoms with Crippen molar-refractivity contribution in [2.45, 2.75) is 0 Å². The molecule has 0 spiro atoms. The van der Waals surface area contributed by atoms with E-state index in [0.717, 1.165) is 0 Å². The Morgan fingerprint density at radius 2 is 2.33 bits per heavy atom. The highest BCUT2D eigenvalue weighted by Crippen LogP contribution is 2.26. The molecule has 1 aromatic rings. The maximum absolute atomic E-state index is 11.9. The number of nitrogens with two attached hydrogens (primary N) is 1. The van der Waals surface area contributed by atoms with Gasteiger partial charge in [-0.1, -0.05) is 0 Å². The molecule has 0 saturated heterocycles. The number of amides is 1. The molecular weight excluding hydrogens is 216 g/mol. The van der Waals surface area contributed by atoms with E-state index < -0.39 is 0 Å². The highest BCUT2D eigenvalue weighted by Gasteiger charge is 2.24. The van der Waals surface area contributed by atoms with Crippen molar-refractivity contribution in [3.05, 3.63) is 23.8 Å². The van der Waals surface area contributed by atoms with E-state index in [9.17, 15) is 4.79 Å². The Kier molecular flexibility index (Phi) is 2.68. The monoisotopic (exact) mass is 226 g/mol. The molecule has 0 atom stereocenters. The second-order valence-corrected chi connectivity index (χ2v) is 3.66. The molecule has 15 heavy (non-hydrogen) atoms. The first-order valence-corrected chi connectivity index (χ1v) is 5.13. The Morgan fingerprint density at radius 3 is 3.07 bits per heavy atom. The average Bonchev–Trinajstić information content (AvgIpc) is 2.23. The summed E-state index contributed by atoms with van der Waals surface area (Å²) >= 11 is 5.58. The molecule has 2 rings (SSSR count). The number of rotatable bonds is 2. The maximum Gasteiger partial charge on any atom is 0.260 e. The number of hydrogen-bond acceptors (Lipinski definition) is 3. The molecule has 0 saturated carbocycles. The van der Waals surface area contributed by atoms with Gasteiger partial charge in [0.25, 0.3) is 5.91 Å². The molecular formula is C10H11ClN2O2. The van der Waals surface area contributed by atoms with Crippen molar-refractivity contribution in [3.63, 3.8) is 0 Å². The first kappa shape index (κ1) is 10.1. The molecule has 1 heterocycles. The van der Waals surface area contributed by atoms with E-state index in [4.69, 9.17) is 22.1 Å². The fourth-order valence-electron chi connectivity index (χ4n) is 1.49. The Bertz CT molecular complexity index is 395. The van der Waals surface area contributed by atoms with Gasteiger partial charge in [0, 0.05) is 18.1 Å². The molecule has 4 nitrogen and oxygen atoms in total. The lowest BCUT2D eigenvalue weighted by Gasteiger charge is -2.28. The second kappa shape index (κ2) is 3.98. The van der Waals surface area contributed by atoms with Crippen LogP contribution in [0, 0.1) is 0 Å². The third kappa shape index (κ3) is 1.85. The number of nitrogen functional groups attached to an aromatic ring is 1. The van der Waals surface area contributed by atoms with Gasteiger partial charge >= 0.3 is 0 Å². The number of fused-ring (bicyclic) bond motifs is 1. The number of halogens is 1. The molecule has 0 aliphatic carbocycles. The van der Waals surface area contributed by atoms with Gasteiger partial charge in [0.05, 0.1) is 5.56 Å². The highest BCUT2D eigenvalue weighted by atomic mass is 35.5. The van der Waals surface area contributed by atoms with E-state index in [-0.39, 0.29) is 12.6 Å². The van der Waals surface area contributed by atoms with Crippen LogP contribution in [0.3, 0.4) is 0 Å². The smallest absolute Gasteiger partial charge is 0.260 e. The van der Waals surface area contributed by atoms with Crippen molar-refractivity contribution >= 4 is 23.2 Å². The van der Waals surface area contributed by atoms with Gasteiger partial charge in [0.15, 0.2) is 6.73 Å². The van der Waals surface area contributed by atoms with Crippen molar-refractivity contribution in [2.75, 3.05) is 24.9 Å². The fraction of sp³-hybridized carbons (Fsp3) is 0.300. The van der Waals surface area contributed by atoms with E-state index in [1.54, 1.807) is 23.1 Å². The number of nitrogens with zero attached hydrogens (tertiary/aromatic N) is 1. The van der Waals surface area contributed by atoms with Gasteiger partial charge < -0.3 is 15.4 Å².